The molecule has 1 aromatic rings. The van der Waals surface area contributed by atoms with Crippen LogP contribution in [0.15, 0.2) is 0 Å². The third-order valence-corrected chi connectivity index (χ3v) is 2.07. The van der Waals surface area contributed by atoms with E-state index in [0.717, 1.165) is 0 Å². The van der Waals surface area contributed by atoms with Crippen molar-refractivity contribution in [1.82, 2.24) is 9.97 Å². The topological polar surface area (TPSA) is 25.8 Å². The Kier molecular flexibility index (Phi) is 3.19. The summed E-state index contributed by atoms with van der Waals surface area (Å²) in [7, 11) is 0. The Hall–Kier alpha value is 0.240. The van der Waals surface area contributed by atoms with Crippen LogP contribution in [0.2, 0.25) is 15.6 Å². The Morgan fingerprint density at radius 2 is 1.45 bits per heavy atom. The van der Waals surface area contributed by atoms with Gasteiger partial charge in [0, 0.05) is 5.56 Å². The van der Waals surface area contributed by atoms with Gasteiger partial charge in [-0.15, -0.1) is 11.6 Å². The number of hydrogen-bond donors (Lipinski definition) is 0. The molecule has 0 saturated heterocycles. The fraction of sp³-hybridized carbons (Fsp3) is 0.200. The van der Waals surface area contributed by atoms with Gasteiger partial charge in [-0.05, 0) is 11.6 Å². The maximum atomic E-state index is 5.63. The van der Waals surface area contributed by atoms with E-state index >= 15 is 0 Å². The summed E-state index contributed by atoms with van der Waals surface area (Å²) in [6.07, 6.45) is 0. The van der Waals surface area contributed by atoms with Crippen molar-refractivity contribution in [2.24, 2.45) is 0 Å². The van der Waals surface area contributed by atoms with Gasteiger partial charge in [0.25, 0.3) is 0 Å². The number of nitrogens with zero attached hydrogens (tertiary/aromatic N) is 2. The number of hydrogen-bond acceptors (Lipinski definition) is 2. The molecule has 0 saturated carbocycles. The summed E-state index contributed by atoms with van der Waals surface area (Å²) in [6, 6.07) is 0. The Labute approximate surface area is 83.4 Å². The van der Waals surface area contributed by atoms with Crippen molar-refractivity contribution in [3.05, 3.63) is 21.2 Å². The van der Waals surface area contributed by atoms with E-state index in [1.54, 1.807) is 0 Å². The maximum Gasteiger partial charge on any atom is 0.225 e. The van der Waals surface area contributed by atoms with Crippen molar-refractivity contribution in [2.45, 2.75) is 5.88 Å². The number of alkyl halides is 1. The highest BCUT2D eigenvalue weighted by Crippen LogP contribution is 2.23. The van der Waals surface area contributed by atoms with E-state index in [9.17, 15) is 0 Å². The standard InChI is InChI=1S/C5H2Cl4N2/c6-1-2-3(7)10-5(9)11-4(2)8/h1H2. The Morgan fingerprint density at radius 3 is 1.82 bits per heavy atom. The van der Waals surface area contributed by atoms with Gasteiger partial charge in [-0.3, -0.25) is 0 Å². The first kappa shape index (κ1) is 9.33. The van der Waals surface area contributed by atoms with Crippen molar-refractivity contribution in [2.75, 3.05) is 0 Å². The molecule has 0 fully saturated rings. The minimum Gasteiger partial charge on any atom is -0.206 e. The second-order valence-corrected chi connectivity index (χ2v) is 3.01. The molecule has 0 radical (unpaired) electrons. The molecular weight excluding hydrogens is 230 g/mol. The molecule has 1 aromatic heterocycles. The molecule has 0 aliphatic carbocycles. The molecule has 0 atom stereocenters. The van der Waals surface area contributed by atoms with Crippen LogP contribution in [0.1, 0.15) is 5.56 Å². The maximum absolute atomic E-state index is 5.63. The molecule has 6 heteroatoms. The normalized spacial score (nSPS) is 10.2. The van der Waals surface area contributed by atoms with Crippen LogP contribution in [0.5, 0.6) is 0 Å². The molecule has 2 nitrogen and oxygen atoms in total. The molecule has 0 N–H and O–H groups in total. The van der Waals surface area contributed by atoms with Crippen molar-refractivity contribution in [1.29, 1.82) is 0 Å². The molecule has 0 aliphatic rings. The van der Waals surface area contributed by atoms with Crippen LogP contribution < -0.4 is 0 Å². The quantitative estimate of drug-likeness (QED) is 0.422. The van der Waals surface area contributed by atoms with Gasteiger partial charge in [-0.1, -0.05) is 23.2 Å². The summed E-state index contributed by atoms with van der Waals surface area (Å²) in [6.45, 7) is 0. The van der Waals surface area contributed by atoms with Gasteiger partial charge in [0.1, 0.15) is 10.3 Å². The molecule has 0 aliphatic heterocycles. The van der Waals surface area contributed by atoms with E-state index in [2.05, 4.69) is 9.97 Å². The van der Waals surface area contributed by atoms with Gasteiger partial charge < -0.3 is 0 Å². The smallest absolute Gasteiger partial charge is 0.206 e. The van der Waals surface area contributed by atoms with E-state index in [0.29, 0.717) is 5.56 Å². The molecule has 0 aromatic carbocycles. The molecule has 0 unspecified atom stereocenters. The fourth-order valence-corrected chi connectivity index (χ4v) is 1.68. The third kappa shape index (κ3) is 2.09. The summed E-state index contributed by atoms with van der Waals surface area (Å²) in [4.78, 5) is 7.31. The molecule has 1 rings (SSSR count). The summed E-state index contributed by atoms with van der Waals surface area (Å²) in [5, 5.41) is 0.420. The second-order valence-electron chi connectivity index (χ2n) is 1.69. The number of rotatable bonds is 1. The van der Waals surface area contributed by atoms with Gasteiger partial charge in [0.2, 0.25) is 5.28 Å². The van der Waals surface area contributed by atoms with Gasteiger partial charge in [0.15, 0.2) is 0 Å². The summed E-state index contributed by atoms with van der Waals surface area (Å²) >= 11 is 22.2. The first-order valence-corrected chi connectivity index (χ1v) is 4.25. The Morgan fingerprint density at radius 1 is 1.00 bits per heavy atom. The monoisotopic (exact) mass is 230 g/mol. The average molecular weight is 232 g/mol. The zero-order valence-corrected chi connectivity index (χ0v) is 8.14. The van der Waals surface area contributed by atoms with Crippen LogP contribution >= 0.6 is 46.4 Å². The lowest BCUT2D eigenvalue weighted by Gasteiger charge is -2.00. The molecule has 11 heavy (non-hydrogen) atoms. The van der Waals surface area contributed by atoms with E-state index < -0.39 is 0 Å². The summed E-state index contributed by atoms with van der Waals surface area (Å²) in [5.41, 5.74) is 0.499. The molecule has 1 heterocycles. The third-order valence-electron chi connectivity index (χ3n) is 1.01. The van der Waals surface area contributed by atoms with Crippen molar-refractivity contribution < 1.29 is 0 Å². The van der Waals surface area contributed by atoms with E-state index in [-0.39, 0.29) is 21.5 Å². The van der Waals surface area contributed by atoms with Gasteiger partial charge in [0.05, 0.1) is 5.88 Å². The minimum atomic E-state index is 0.0221. The first-order chi connectivity index (χ1) is 5.15. The molecular formula is C5H2Cl4N2. The Bertz CT molecular complexity index is 252. The lowest BCUT2D eigenvalue weighted by molar-refractivity contribution is 1.12. The van der Waals surface area contributed by atoms with Gasteiger partial charge in [-0.25, -0.2) is 9.97 Å². The highest BCUT2D eigenvalue weighted by molar-refractivity contribution is 6.37. The van der Waals surface area contributed by atoms with Crippen LogP contribution in [-0.4, -0.2) is 9.97 Å². The second kappa shape index (κ2) is 3.76. The predicted molar refractivity (Wildman–Crippen MR) is 46.6 cm³/mol. The largest absolute Gasteiger partial charge is 0.225 e. The zero-order chi connectivity index (χ0) is 8.43. The van der Waals surface area contributed by atoms with Crippen LogP contribution in [0.3, 0.4) is 0 Å². The lowest BCUT2D eigenvalue weighted by Crippen LogP contribution is -1.91. The number of halogens is 4. The minimum absolute atomic E-state index is 0.0221. The molecule has 60 valence electrons. The predicted octanol–water partition coefficient (Wildman–Crippen LogP) is 3.18. The highest BCUT2D eigenvalue weighted by Gasteiger charge is 2.08. The summed E-state index contributed by atoms with van der Waals surface area (Å²) < 4.78 is 0. The van der Waals surface area contributed by atoms with Crippen molar-refractivity contribution in [3.63, 3.8) is 0 Å². The first-order valence-electron chi connectivity index (χ1n) is 2.58. The zero-order valence-electron chi connectivity index (χ0n) is 5.11. The Balaban J connectivity index is 3.25. The van der Waals surface area contributed by atoms with Crippen molar-refractivity contribution in [3.8, 4) is 0 Å². The van der Waals surface area contributed by atoms with Crippen LogP contribution in [-0.2, 0) is 5.88 Å². The summed E-state index contributed by atoms with van der Waals surface area (Å²) in [5.74, 6) is 0.175. The van der Waals surface area contributed by atoms with E-state index in [4.69, 9.17) is 46.4 Å². The number of aromatic nitrogens is 2. The highest BCUT2D eigenvalue weighted by atomic mass is 35.5. The van der Waals surface area contributed by atoms with E-state index in [1.165, 1.54) is 0 Å². The molecule has 0 amide bonds. The van der Waals surface area contributed by atoms with Crippen LogP contribution in [0.25, 0.3) is 0 Å². The van der Waals surface area contributed by atoms with Gasteiger partial charge in [-0.2, -0.15) is 0 Å². The van der Waals surface area contributed by atoms with E-state index in [1.807, 2.05) is 0 Å². The van der Waals surface area contributed by atoms with Crippen LogP contribution in [0, 0.1) is 0 Å². The van der Waals surface area contributed by atoms with Gasteiger partial charge >= 0.3 is 0 Å². The fourth-order valence-electron chi connectivity index (χ4n) is 0.517. The molecule has 0 spiro atoms. The van der Waals surface area contributed by atoms with Crippen molar-refractivity contribution >= 4 is 46.4 Å². The SMILES string of the molecule is ClCc1c(Cl)nc(Cl)nc1Cl. The van der Waals surface area contributed by atoms with Crippen LogP contribution in [0.4, 0.5) is 0 Å². The average Bonchev–Trinajstić information content (AvgIpc) is 1.85. The lowest BCUT2D eigenvalue weighted by atomic mass is 10.4. The molecule has 0 bridgehead atoms.